The maximum atomic E-state index is 13.2. The van der Waals surface area contributed by atoms with Gasteiger partial charge in [0.25, 0.3) is 11.7 Å². The van der Waals surface area contributed by atoms with E-state index in [9.17, 15) is 14.7 Å². The van der Waals surface area contributed by atoms with Crippen LogP contribution in [0.3, 0.4) is 0 Å². The van der Waals surface area contributed by atoms with Crippen molar-refractivity contribution in [3.8, 4) is 0 Å². The number of ketones is 1. The molecule has 0 aliphatic carbocycles. The number of amides is 1. The Bertz CT molecular complexity index is 1230. The monoisotopic (exact) mass is 521 g/mol. The van der Waals surface area contributed by atoms with E-state index in [1.165, 1.54) is 11.2 Å². The zero-order valence-corrected chi connectivity index (χ0v) is 20.2. The molecular formula is C26H24BrN3O4. The van der Waals surface area contributed by atoms with E-state index in [1.54, 1.807) is 36.4 Å². The highest BCUT2D eigenvalue weighted by atomic mass is 79.9. The fourth-order valence-corrected chi connectivity index (χ4v) is 4.73. The van der Waals surface area contributed by atoms with Gasteiger partial charge < -0.3 is 19.3 Å². The highest BCUT2D eigenvalue weighted by Gasteiger charge is 2.48. The van der Waals surface area contributed by atoms with Crippen molar-refractivity contribution in [3.63, 3.8) is 0 Å². The minimum atomic E-state index is -0.867. The van der Waals surface area contributed by atoms with Gasteiger partial charge in [0.1, 0.15) is 17.6 Å². The zero-order valence-electron chi connectivity index (χ0n) is 18.6. The lowest BCUT2D eigenvalue weighted by atomic mass is 9.99. The number of likely N-dealkylation sites (N-methyl/N-ethyl adjacent to an activating group) is 1. The fraction of sp³-hybridized carbons (Fsp3) is 0.231. The van der Waals surface area contributed by atoms with Crippen molar-refractivity contribution in [2.24, 2.45) is 0 Å². The van der Waals surface area contributed by atoms with Gasteiger partial charge in [0.05, 0.1) is 11.8 Å². The molecule has 8 heteroatoms. The Morgan fingerprint density at radius 3 is 2.21 bits per heavy atom. The number of halogens is 1. The van der Waals surface area contributed by atoms with Gasteiger partial charge in [-0.25, -0.2) is 0 Å². The lowest BCUT2D eigenvalue weighted by Crippen LogP contribution is -2.44. The molecule has 3 heterocycles. The first-order valence-corrected chi connectivity index (χ1v) is 11.9. The second-order valence-electron chi connectivity index (χ2n) is 8.50. The van der Waals surface area contributed by atoms with E-state index in [0.717, 1.165) is 36.3 Å². The molecule has 7 nitrogen and oxygen atoms in total. The number of hydrogen-bond acceptors (Lipinski definition) is 6. The molecule has 1 N–H and O–H groups in total. The molecule has 2 aliphatic heterocycles. The normalized spacial score (nSPS) is 20.8. The lowest BCUT2D eigenvalue weighted by molar-refractivity contribution is -0.132. The Balaban J connectivity index is 1.54. The third-order valence-electron chi connectivity index (χ3n) is 6.37. The first kappa shape index (κ1) is 22.4. The van der Waals surface area contributed by atoms with Crippen molar-refractivity contribution in [2.45, 2.75) is 6.04 Å². The molecule has 0 bridgehead atoms. The molecule has 2 fully saturated rings. The fourth-order valence-electron chi connectivity index (χ4n) is 4.47. The van der Waals surface area contributed by atoms with Gasteiger partial charge in [-0.3, -0.25) is 14.5 Å². The first-order valence-electron chi connectivity index (χ1n) is 11.1. The number of benzene rings is 2. The minimum Gasteiger partial charge on any atom is -0.507 e. The molecule has 2 aromatic carbocycles. The topological polar surface area (TPSA) is 77.2 Å². The second kappa shape index (κ2) is 9.12. The molecule has 1 atom stereocenters. The molecule has 1 amide bonds. The molecule has 3 aromatic rings. The number of piperazine rings is 1. The maximum absolute atomic E-state index is 13.2. The smallest absolute Gasteiger partial charge is 0.300 e. The van der Waals surface area contributed by atoms with Crippen molar-refractivity contribution < 1.29 is 19.1 Å². The predicted octanol–water partition coefficient (Wildman–Crippen LogP) is 4.42. The Hall–Kier alpha value is -3.36. The SMILES string of the molecule is CN1CCN(c2ccc(N3C(=O)C(=O)/C(=C(\O)c4ccc(Br)cc4)C3c3ccco3)cc2)CC1. The number of carbonyl (C=O) groups is 2. The number of furan rings is 1. The van der Waals surface area contributed by atoms with Crippen LogP contribution >= 0.6 is 15.9 Å². The van der Waals surface area contributed by atoms with E-state index < -0.39 is 17.7 Å². The Morgan fingerprint density at radius 2 is 1.59 bits per heavy atom. The number of Topliss-reactive ketones (excluding diaryl/α,β-unsaturated/α-hetero) is 1. The van der Waals surface area contributed by atoms with E-state index in [4.69, 9.17) is 4.42 Å². The summed E-state index contributed by atoms with van der Waals surface area (Å²) in [6.07, 6.45) is 1.49. The first-order chi connectivity index (χ1) is 16.4. The average Bonchev–Trinajstić information content (AvgIpc) is 3.47. The summed E-state index contributed by atoms with van der Waals surface area (Å²) in [4.78, 5) is 32.3. The van der Waals surface area contributed by atoms with Crippen LogP contribution in [0.4, 0.5) is 11.4 Å². The van der Waals surface area contributed by atoms with Crippen LogP contribution in [0.25, 0.3) is 5.76 Å². The summed E-state index contributed by atoms with van der Waals surface area (Å²) < 4.78 is 6.46. The van der Waals surface area contributed by atoms with Gasteiger partial charge in [-0.1, -0.05) is 28.1 Å². The molecule has 174 valence electrons. The summed E-state index contributed by atoms with van der Waals surface area (Å²) in [6.45, 7) is 3.84. The summed E-state index contributed by atoms with van der Waals surface area (Å²) in [5.41, 5.74) is 2.09. The van der Waals surface area contributed by atoms with Crippen LogP contribution in [0.2, 0.25) is 0 Å². The van der Waals surface area contributed by atoms with E-state index in [1.807, 2.05) is 24.3 Å². The molecule has 5 rings (SSSR count). The Morgan fingerprint density at radius 1 is 0.941 bits per heavy atom. The van der Waals surface area contributed by atoms with Crippen LogP contribution in [0, 0.1) is 0 Å². The summed E-state index contributed by atoms with van der Waals surface area (Å²) in [5.74, 6) is -1.28. The largest absolute Gasteiger partial charge is 0.507 e. The van der Waals surface area contributed by atoms with Gasteiger partial charge in [0.15, 0.2) is 0 Å². The van der Waals surface area contributed by atoms with Crippen LogP contribution < -0.4 is 9.80 Å². The Kier molecular flexibility index (Phi) is 6.02. The third-order valence-corrected chi connectivity index (χ3v) is 6.90. The van der Waals surface area contributed by atoms with Gasteiger partial charge >= 0.3 is 0 Å². The molecule has 0 radical (unpaired) electrons. The number of aliphatic hydroxyl groups excluding tert-OH is 1. The molecule has 2 saturated heterocycles. The second-order valence-corrected chi connectivity index (χ2v) is 9.41. The third kappa shape index (κ3) is 4.03. The summed E-state index contributed by atoms with van der Waals surface area (Å²) in [7, 11) is 2.11. The number of hydrogen-bond donors (Lipinski definition) is 1. The maximum Gasteiger partial charge on any atom is 0.300 e. The van der Waals surface area contributed by atoms with E-state index in [0.29, 0.717) is 17.0 Å². The van der Waals surface area contributed by atoms with E-state index >= 15 is 0 Å². The number of aliphatic hydroxyl groups is 1. The van der Waals surface area contributed by atoms with Crippen molar-refractivity contribution in [2.75, 3.05) is 43.0 Å². The minimum absolute atomic E-state index is 0.00502. The zero-order chi connectivity index (χ0) is 23.8. The number of anilines is 2. The number of rotatable bonds is 4. The quantitative estimate of drug-likeness (QED) is 0.311. The van der Waals surface area contributed by atoms with E-state index in [-0.39, 0.29) is 11.3 Å². The van der Waals surface area contributed by atoms with Crippen molar-refractivity contribution in [3.05, 3.63) is 88.3 Å². The Labute approximate surface area is 206 Å². The lowest BCUT2D eigenvalue weighted by Gasteiger charge is -2.34. The van der Waals surface area contributed by atoms with Crippen molar-refractivity contribution >= 4 is 44.8 Å². The predicted molar refractivity (Wildman–Crippen MR) is 134 cm³/mol. The molecule has 34 heavy (non-hydrogen) atoms. The molecule has 2 aliphatic rings. The molecular weight excluding hydrogens is 498 g/mol. The van der Waals surface area contributed by atoms with Crippen LogP contribution in [-0.4, -0.2) is 54.9 Å². The van der Waals surface area contributed by atoms with Crippen molar-refractivity contribution in [1.29, 1.82) is 0 Å². The number of nitrogens with zero attached hydrogens (tertiary/aromatic N) is 3. The van der Waals surface area contributed by atoms with Gasteiger partial charge in [-0.05, 0) is 55.6 Å². The van der Waals surface area contributed by atoms with Crippen LogP contribution in [-0.2, 0) is 9.59 Å². The summed E-state index contributed by atoms with van der Waals surface area (Å²) in [6, 6.07) is 17.1. The highest BCUT2D eigenvalue weighted by molar-refractivity contribution is 9.10. The van der Waals surface area contributed by atoms with Gasteiger partial charge in [-0.2, -0.15) is 0 Å². The molecule has 1 unspecified atom stereocenters. The van der Waals surface area contributed by atoms with Gasteiger partial charge in [-0.15, -0.1) is 0 Å². The molecule has 1 aromatic heterocycles. The van der Waals surface area contributed by atoms with Crippen LogP contribution in [0.5, 0.6) is 0 Å². The van der Waals surface area contributed by atoms with Crippen LogP contribution in [0.15, 0.2) is 81.4 Å². The molecule has 0 saturated carbocycles. The summed E-state index contributed by atoms with van der Waals surface area (Å²) >= 11 is 3.37. The van der Waals surface area contributed by atoms with Gasteiger partial charge in [0.2, 0.25) is 0 Å². The van der Waals surface area contributed by atoms with E-state index in [2.05, 4.69) is 32.8 Å². The standard InChI is InChI=1S/C26H24BrN3O4/c1-28-12-14-29(15-13-28)19-8-10-20(11-9-19)30-23(21-3-2-16-34-21)22(25(32)26(30)33)24(31)17-4-6-18(27)7-5-17/h2-11,16,23,31H,12-15H2,1H3/b24-22-. The molecule has 0 spiro atoms. The average molecular weight is 522 g/mol. The van der Waals surface area contributed by atoms with Gasteiger partial charge in [0, 0.05) is 47.6 Å². The van der Waals surface area contributed by atoms with Crippen LogP contribution in [0.1, 0.15) is 17.4 Å². The highest BCUT2D eigenvalue weighted by Crippen LogP contribution is 2.42. The number of carbonyl (C=O) groups excluding carboxylic acids is 2. The summed E-state index contributed by atoms with van der Waals surface area (Å²) in [5, 5.41) is 11.1. The van der Waals surface area contributed by atoms with Crippen molar-refractivity contribution in [1.82, 2.24) is 4.90 Å².